The number of benzene rings is 1. The summed E-state index contributed by atoms with van der Waals surface area (Å²) < 4.78 is 0.964. The van der Waals surface area contributed by atoms with Crippen LogP contribution in [0.25, 0.3) is 11.4 Å². The highest BCUT2D eigenvalue weighted by Gasteiger charge is 2.11. The molecule has 0 N–H and O–H groups in total. The zero-order chi connectivity index (χ0) is 13.8. The molecular formula is C14H14ClIN2S. The Hall–Kier alpha value is -0.330. The Morgan fingerprint density at radius 2 is 1.89 bits per heavy atom. The molecule has 19 heavy (non-hydrogen) atoms. The highest BCUT2D eigenvalue weighted by atomic mass is 127. The molecule has 0 atom stereocenters. The van der Waals surface area contributed by atoms with Crippen LogP contribution in [0.15, 0.2) is 29.2 Å². The predicted molar refractivity (Wildman–Crippen MR) is 91.0 cm³/mol. The third kappa shape index (κ3) is 3.61. The molecule has 1 aromatic carbocycles. The summed E-state index contributed by atoms with van der Waals surface area (Å²) in [7, 11) is 0. The Bertz CT molecular complexity index is 572. The molecule has 1 aromatic heterocycles. The molecule has 0 aliphatic heterocycles. The van der Waals surface area contributed by atoms with Gasteiger partial charge in [-0.2, -0.15) is 0 Å². The van der Waals surface area contributed by atoms with Gasteiger partial charge >= 0.3 is 0 Å². The highest BCUT2D eigenvalue weighted by molar-refractivity contribution is 14.1. The lowest BCUT2D eigenvalue weighted by atomic mass is 10.2. The maximum absolute atomic E-state index is 6.20. The molecule has 5 heteroatoms. The summed E-state index contributed by atoms with van der Waals surface area (Å²) in [6.07, 6.45) is 4.04. The maximum Gasteiger partial charge on any atom is 0.161 e. The molecule has 0 fully saturated rings. The van der Waals surface area contributed by atoms with Crippen LogP contribution in [0.2, 0.25) is 5.15 Å². The summed E-state index contributed by atoms with van der Waals surface area (Å²) in [4.78, 5) is 10.3. The van der Waals surface area contributed by atoms with Gasteiger partial charge in [-0.3, -0.25) is 0 Å². The van der Waals surface area contributed by atoms with Gasteiger partial charge in [0.1, 0.15) is 5.15 Å². The Labute approximate surface area is 136 Å². The van der Waals surface area contributed by atoms with E-state index < -0.39 is 0 Å². The normalized spacial score (nSPS) is 10.7. The molecule has 2 aromatic rings. The maximum atomic E-state index is 6.20. The summed E-state index contributed by atoms with van der Waals surface area (Å²) in [6, 6.07) is 8.24. The van der Waals surface area contributed by atoms with Crippen molar-refractivity contribution in [2.24, 2.45) is 0 Å². The molecule has 0 bridgehead atoms. The van der Waals surface area contributed by atoms with E-state index in [9.17, 15) is 0 Å². The van der Waals surface area contributed by atoms with Gasteiger partial charge in [0.2, 0.25) is 0 Å². The first-order valence-electron chi connectivity index (χ1n) is 6.02. The van der Waals surface area contributed by atoms with Crippen molar-refractivity contribution in [2.45, 2.75) is 24.7 Å². The van der Waals surface area contributed by atoms with Crippen molar-refractivity contribution in [1.82, 2.24) is 9.97 Å². The standard InChI is InChI=1S/C14H14ClIN2S/c1-3-4-11-12(16)13(15)18-14(17-11)9-5-7-10(19-2)8-6-9/h5-8H,3-4H2,1-2H3. The van der Waals surface area contributed by atoms with Gasteiger partial charge in [0, 0.05) is 10.5 Å². The fourth-order valence-corrected chi connectivity index (χ4v) is 2.84. The molecule has 0 amide bonds. The van der Waals surface area contributed by atoms with Crippen molar-refractivity contribution in [3.63, 3.8) is 0 Å². The number of aromatic nitrogens is 2. The third-order valence-corrected chi connectivity index (χ3v) is 5.18. The van der Waals surface area contributed by atoms with Gasteiger partial charge in [0.15, 0.2) is 5.82 Å². The van der Waals surface area contributed by atoms with E-state index in [1.807, 2.05) is 12.1 Å². The van der Waals surface area contributed by atoms with Crippen LogP contribution in [0.5, 0.6) is 0 Å². The van der Waals surface area contributed by atoms with Crippen molar-refractivity contribution < 1.29 is 0 Å². The van der Waals surface area contributed by atoms with Crippen LogP contribution in [0.3, 0.4) is 0 Å². The van der Waals surface area contributed by atoms with Crippen LogP contribution in [0, 0.1) is 3.57 Å². The number of aryl methyl sites for hydroxylation is 1. The van der Waals surface area contributed by atoms with Gasteiger partial charge in [-0.1, -0.05) is 37.1 Å². The Morgan fingerprint density at radius 3 is 2.47 bits per heavy atom. The van der Waals surface area contributed by atoms with Crippen molar-refractivity contribution >= 4 is 46.0 Å². The van der Waals surface area contributed by atoms with Crippen molar-refractivity contribution in [2.75, 3.05) is 6.26 Å². The van der Waals surface area contributed by atoms with E-state index in [4.69, 9.17) is 11.6 Å². The first-order valence-corrected chi connectivity index (χ1v) is 8.70. The fourth-order valence-electron chi connectivity index (χ4n) is 1.73. The van der Waals surface area contributed by atoms with Gasteiger partial charge in [-0.15, -0.1) is 11.8 Å². The molecule has 0 aliphatic rings. The Balaban J connectivity index is 2.43. The van der Waals surface area contributed by atoms with E-state index in [1.165, 1.54) is 4.90 Å². The lowest BCUT2D eigenvalue weighted by Crippen LogP contribution is -2.00. The zero-order valence-corrected chi connectivity index (χ0v) is 14.5. The van der Waals surface area contributed by atoms with Crippen LogP contribution in [0.4, 0.5) is 0 Å². The second-order valence-electron chi connectivity index (χ2n) is 4.08. The van der Waals surface area contributed by atoms with Crippen LogP contribution in [-0.2, 0) is 6.42 Å². The van der Waals surface area contributed by atoms with Gasteiger partial charge in [-0.25, -0.2) is 9.97 Å². The third-order valence-electron chi connectivity index (χ3n) is 2.71. The molecule has 0 saturated heterocycles. The largest absolute Gasteiger partial charge is 0.232 e. The molecule has 0 saturated carbocycles. The topological polar surface area (TPSA) is 25.8 Å². The molecule has 2 nitrogen and oxygen atoms in total. The molecule has 100 valence electrons. The first-order chi connectivity index (χ1) is 9.15. The molecule has 1 heterocycles. The lowest BCUT2D eigenvalue weighted by Gasteiger charge is -2.08. The van der Waals surface area contributed by atoms with Gasteiger partial charge < -0.3 is 0 Å². The highest BCUT2D eigenvalue weighted by Crippen LogP contribution is 2.26. The van der Waals surface area contributed by atoms with Crippen molar-refractivity contribution in [1.29, 1.82) is 0 Å². The van der Waals surface area contributed by atoms with Gasteiger partial charge in [0.25, 0.3) is 0 Å². The van der Waals surface area contributed by atoms with Gasteiger partial charge in [0.05, 0.1) is 9.26 Å². The van der Waals surface area contributed by atoms with E-state index in [0.29, 0.717) is 11.0 Å². The number of nitrogens with zero attached hydrogens (tertiary/aromatic N) is 2. The lowest BCUT2D eigenvalue weighted by molar-refractivity contribution is 0.867. The number of thioether (sulfide) groups is 1. The van der Waals surface area contributed by atoms with Crippen LogP contribution in [-0.4, -0.2) is 16.2 Å². The quantitative estimate of drug-likeness (QED) is 0.404. The van der Waals surface area contributed by atoms with E-state index in [-0.39, 0.29) is 0 Å². The fraction of sp³-hybridized carbons (Fsp3) is 0.286. The molecule has 0 aliphatic carbocycles. The summed E-state index contributed by atoms with van der Waals surface area (Å²) in [5.41, 5.74) is 2.04. The SMILES string of the molecule is CCCc1nc(-c2ccc(SC)cc2)nc(Cl)c1I. The van der Waals surface area contributed by atoms with Crippen LogP contribution in [0.1, 0.15) is 19.0 Å². The average molecular weight is 405 g/mol. The zero-order valence-electron chi connectivity index (χ0n) is 10.8. The number of halogens is 2. The minimum atomic E-state index is 0.544. The van der Waals surface area contributed by atoms with Crippen molar-refractivity contribution in [3.05, 3.63) is 38.7 Å². The van der Waals surface area contributed by atoms with Gasteiger partial charge in [-0.05, 0) is 47.4 Å². The van der Waals surface area contributed by atoms with Crippen molar-refractivity contribution in [3.8, 4) is 11.4 Å². The average Bonchev–Trinajstić information content (AvgIpc) is 2.44. The second-order valence-corrected chi connectivity index (χ2v) is 6.39. The Kier molecular flexibility index (Phi) is 5.47. The number of hydrogen-bond acceptors (Lipinski definition) is 3. The number of hydrogen-bond donors (Lipinski definition) is 0. The van der Waals surface area contributed by atoms with E-state index in [2.05, 4.69) is 57.9 Å². The molecule has 0 unspecified atom stereocenters. The first kappa shape index (κ1) is 15.1. The smallest absolute Gasteiger partial charge is 0.161 e. The summed E-state index contributed by atoms with van der Waals surface area (Å²) in [5, 5.41) is 0.544. The number of rotatable bonds is 4. The van der Waals surface area contributed by atoms with E-state index in [1.54, 1.807) is 11.8 Å². The second kappa shape index (κ2) is 6.90. The van der Waals surface area contributed by atoms with Crippen LogP contribution < -0.4 is 0 Å². The summed E-state index contributed by atoms with van der Waals surface area (Å²) in [6.45, 7) is 2.14. The molecule has 0 spiro atoms. The molecule has 0 radical (unpaired) electrons. The van der Waals surface area contributed by atoms with E-state index >= 15 is 0 Å². The van der Waals surface area contributed by atoms with Crippen LogP contribution >= 0.6 is 46.0 Å². The summed E-state index contributed by atoms with van der Waals surface area (Å²) in [5.74, 6) is 0.710. The molecule has 2 rings (SSSR count). The minimum Gasteiger partial charge on any atom is -0.232 e. The Morgan fingerprint density at radius 1 is 1.21 bits per heavy atom. The minimum absolute atomic E-state index is 0.544. The monoisotopic (exact) mass is 404 g/mol. The summed E-state index contributed by atoms with van der Waals surface area (Å²) >= 11 is 10.1. The molecular weight excluding hydrogens is 391 g/mol. The van der Waals surface area contributed by atoms with E-state index in [0.717, 1.165) is 27.7 Å². The predicted octanol–water partition coefficient (Wildman–Crippen LogP) is 5.08.